The maximum absolute atomic E-state index is 14.9. The molecule has 1 saturated carbocycles. The van der Waals surface area contributed by atoms with Crippen molar-refractivity contribution in [1.29, 1.82) is 0 Å². The second kappa shape index (κ2) is 71.3. The number of hydrogen-bond acceptors (Lipinski definition) is 24. The van der Waals surface area contributed by atoms with Gasteiger partial charge in [-0.1, -0.05) is 355 Å². The molecule has 2 aliphatic heterocycles. The second-order valence-electron chi connectivity index (χ2n) is 34.9. The van der Waals surface area contributed by atoms with E-state index in [2.05, 4.69) is 46.8 Å². The first kappa shape index (κ1) is 110. The molecule has 2 saturated heterocycles. The summed E-state index contributed by atoms with van der Waals surface area (Å²) >= 11 is 0. The normalized spacial score (nSPS) is 25.1. The Balaban J connectivity index is 1.92. The van der Waals surface area contributed by atoms with Gasteiger partial charge in [0.1, 0.15) is 92.6 Å². The standard InChI is InChI=1S/C93H173O25P/c1-6-10-14-18-22-25-28-31-33-35-37-40-42-45-52-58-64-76(95)109-69-73(112-78(97)66-60-55-49-48-51-57-63-72(5)62-56-50-21-17-13-9-4)70-111-119(107,108)118-91-89(116-92-86(105)82(101)80(99)74(68-94)113-92)85(104)84(103)88(115-79(98)67-61-54-47-44-41-38-34-32-29-26-23-19-15-11-7-2)90(91)117-93-87(106)83(102)81(100)75(114-93)71-110-77(96)65-59-53-46-43-39-36-30-27-24-20-16-12-8-3/h26,29,72-75,80-94,99-106H,6-25,27-28,30-71H2,1-5H3,(H,107,108)/b29-26-. The fourth-order valence-electron chi connectivity index (χ4n) is 16.1. The van der Waals surface area contributed by atoms with E-state index in [1.54, 1.807) is 0 Å². The zero-order valence-corrected chi connectivity index (χ0v) is 75.7. The van der Waals surface area contributed by atoms with Crippen LogP contribution in [0.3, 0.4) is 0 Å². The Morgan fingerprint density at radius 3 is 1.09 bits per heavy atom. The van der Waals surface area contributed by atoms with Crippen molar-refractivity contribution in [3.63, 3.8) is 0 Å². The number of aliphatic hydroxyl groups excluding tert-OH is 9. The number of hydrogen-bond donors (Lipinski definition) is 10. The summed E-state index contributed by atoms with van der Waals surface area (Å²) in [5, 5.41) is 102. The van der Waals surface area contributed by atoms with E-state index in [0.717, 1.165) is 141 Å². The Morgan fingerprint density at radius 1 is 0.353 bits per heavy atom. The van der Waals surface area contributed by atoms with Gasteiger partial charge in [0.25, 0.3) is 0 Å². The number of carbonyl (C=O) groups excluding carboxylic acids is 4. The molecular weight excluding hydrogens is 1550 g/mol. The molecule has 700 valence electrons. The Kier molecular flexibility index (Phi) is 66.1. The topological polar surface area (TPSA) is 380 Å². The molecule has 0 spiro atoms. The Bertz CT molecular complexity index is 2530. The van der Waals surface area contributed by atoms with Crippen LogP contribution in [-0.2, 0) is 70.7 Å². The fourth-order valence-corrected chi connectivity index (χ4v) is 17.1. The molecule has 19 unspecified atom stereocenters. The first-order valence-electron chi connectivity index (χ1n) is 48.3. The highest BCUT2D eigenvalue weighted by Crippen LogP contribution is 2.49. The number of ether oxygens (including phenoxy) is 8. The third-order valence-electron chi connectivity index (χ3n) is 23.9. The Morgan fingerprint density at radius 2 is 0.681 bits per heavy atom. The van der Waals surface area contributed by atoms with Gasteiger partial charge in [-0.2, -0.15) is 0 Å². The molecule has 19 atom stereocenters. The van der Waals surface area contributed by atoms with E-state index in [9.17, 15) is 74.6 Å². The monoisotopic (exact) mass is 1720 g/mol. The summed E-state index contributed by atoms with van der Waals surface area (Å²) in [6.45, 7) is 7.94. The number of allylic oxidation sites excluding steroid dienone is 2. The summed E-state index contributed by atoms with van der Waals surface area (Å²) in [5.74, 6) is -2.28. The molecule has 2 heterocycles. The van der Waals surface area contributed by atoms with E-state index in [4.69, 9.17) is 46.9 Å². The van der Waals surface area contributed by atoms with Crippen molar-refractivity contribution >= 4 is 31.7 Å². The lowest BCUT2D eigenvalue weighted by Crippen LogP contribution is -2.70. The predicted molar refractivity (Wildman–Crippen MR) is 463 cm³/mol. The van der Waals surface area contributed by atoms with Crippen molar-refractivity contribution in [2.75, 3.05) is 26.4 Å². The lowest BCUT2D eigenvalue weighted by atomic mass is 9.84. The minimum Gasteiger partial charge on any atom is -0.463 e. The van der Waals surface area contributed by atoms with Crippen molar-refractivity contribution in [2.45, 2.75) is 524 Å². The van der Waals surface area contributed by atoms with Crippen LogP contribution in [0, 0.1) is 5.92 Å². The number of phosphoric ester groups is 1. The van der Waals surface area contributed by atoms with Crippen LogP contribution in [0.5, 0.6) is 0 Å². The third kappa shape index (κ3) is 51.6. The van der Waals surface area contributed by atoms with Gasteiger partial charge in [0.2, 0.25) is 0 Å². The van der Waals surface area contributed by atoms with E-state index in [-0.39, 0.29) is 25.7 Å². The second-order valence-corrected chi connectivity index (χ2v) is 36.3. The summed E-state index contributed by atoms with van der Waals surface area (Å²) < 4.78 is 73.6. The summed E-state index contributed by atoms with van der Waals surface area (Å²) in [4.78, 5) is 66.6. The number of carbonyl (C=O) groups is 4. The van der Waals surface area contributed by atoms with E-state index in [0.29, 0.717) is 38.0 Å². The Hall–Kier alpha value is -2.79. The van der Waals surface area contributed by atoms with E-state index in [1.807, 2.05) is 0 Å². The van der Waals surface area contributed by atoms with Crippen LogP contribution in [0.1, 0.15) is 420 Å². The van der Waals surface area contributed by atoms with Crippen LogP contribution in [0.2, 0.25) is 0 Å². The molecule has 0 amide bonds. The molecule has 0 aromatic rings. The van der Waals surface area contributed by atoms with Gasteiger partial charge < -0.3 is 88.7 Å². The highest BCUT2D eigenvalue weighted by Gasteiger charge is 2.60. The largest absolute Gasteiger partial charge is 0.472 e. The number of aliphatic hydroxyl groups is 9. The minimum absolute atomic E-state index is 0.0175. The van der Waals surface area contributed by atoms with Crippen LogP contribution in [-0.4, -0.2) is 205 Å². The van der Waals surface area contributed by atoms with Gasteiger partial charge in [-0.25, -0.2) is 4.57 Å². The highest BCUT2D eigenvalue weighted by molar-refractivity contribution is 7.47. The van der Waals surface area contributed by atoms with Crippen LogP contribution in [0.4, 0.5) is 0 Å². The number of esters is 4. The molecule has 26 heteroatoms. The van der Waals surface area contributed by atoms with E-state index < -0.39 is 162 Å². The van der Waals surface area contributed by atoms with Gasteiger partial charge in [0.05, 0.1) is 13.2 Å². The molecule has 119 heavy (non-hydrogen) atoms. The van der Waals surface area contributed by atoms with Crippen LogP contribution in [0.25, 0.3) is 0 Å². The molecule has 10 N–H and O–H groups in total. The third-order valence-corrected chi connectivity index (χ3v) is 24.9. The SMILES string of the molecule is CCCCCC/C=C\CCCCCCCCCC(=O)OC1C(O)C(O)C(OC2OC(CO)C(O)C(O)C2O)C(OP(=O)(O)OCC(COC(=O)CCCCCCCCCCCCCCCCCC)OC(=O)CCCCCCCCC(C)CCCCCCCC)C1OC1OC(COC(=O)CCCCCCCCCCCCCCC)C(O)C(O)C1O. The van der Waals surface area contributed by atoms with Crippen molar-refractivity contribution in [1.82, 2.24) is 0 Å². The van der Waals surface area contributed by atoms with Crippen LogP contribution < -0.4 is 0 Å². The summed E-state index contributed by atoms with van der Waals surface area (Å²) in [6.07, 6.45) is 29.1. The van der Waals surface area contributed by atoms with Crippen molar-refractivity contribution < 1.29 is 122 Å². The van der Waals surface area contributed by atoms with Gasteiger partial charge in [-0.15, -0.1) is 0 Å². The maximum atomic E-state index is 14.9. The molecule has 0 radical (unpaired) electrons. The van der Waals surface area contributed by atoms with Gasteiger partial charge in [0, 0.05) is 25.7 Å². The molecular formula is C93H173O25P. The quantitative estimate of drug-likeness (QED) is 0.00889. The van der Waals surface area contributed by atoms with Crippen LogP contribution in [0.15, 0.2) is 12.2 Å². The first-order valence-corrected chi connectivity index (χ1v) is 49.8. The smallest absolute Gasteiger partial charge is 0.463 e. The summed E-state index contributed by atoms with van der Waals surface area (Å²) in [6, 6.07) is 0. The molecule has 25 nitrogen and oxygen atoms in total. The summed E-state index contributed by atoms with van der Waals surface area (Å²) in [7, 11) is -5.81. The zero-order valence-electron chi connectivity index (χ0n) is 74.8. The average Bonchev–Trinajstić information content (AvgIpc) is 0.755. The molecule has 3 aliphatic rings. The minimum atomic E-state index is -5.81. The number of rotatable bonds is 78. The first-order chi connectivity index (χ1) is 57.6. The zero-order chi connectivity index (χ0) is 86.9. The highest BCUT2D eigenvalue weighted by atomic mass is 31.2. The molecule has 0 aromatic carbocycles. The van der Waals surface area contributed by atoms with E-state index >= 15 is 0 Å². The van der Waals surface area contributed by atoms with Crippen molar-refractivity contribution in [3.8, 4) is 0 Å². The van der Waals surface area contributed by atoms with Gasteiger partial charge in [0.15, 0.2) is 24.8 Å². The summed E-state index contributed by atoms with van der Waals surface area (Å²) in [5.41, 5.74) is 0. The molecule has 3 fully saturated rings. The number of phosphoric acid groups is 1. The number of unbranched alkanes of at least 4 members (excludes halogenated alkanes) is 48. The maximum Gasteiger partial charge on any atom is 0.472 e. The molecule has 0 aromatic heterocycles. The lowest BCUT2D eigenvalue weighted by molar-refractivity contribution is -0.360. The van der Waals surface area contributed by atoms with Crippen LogP contribution >= 0.6 is 7.82 Å². The average molecular weight is 1720 g/mol. The van der Waals surface area contributed by atoms with Gasteiger partial charge >= 0.3 is 31.7 Å². The predicted octanol–water partition coefficient (Wildman–Crippen LogP) is 18.2. The molecule has 0 bridgehead atoms. The molecule has 3 rings (SSSR count). The van der Waals surface area contributed by atoms with Gasteiger partial charge in [-0.3, -0.25) is 28.2 Å². The lowest BCUT2D eigenvalue weighted by Gasteiger charge is -2.50. The van der Waals surface area contributed by atoms with Crippen molar-refractivity contribution in [2.24, 2.45) is 5.92 Å². The Labute approximate surface area is 718 Å². The fraction of sp³-hybridized carbons (Fsp3) is 0.935. The van der Waals surface area contributed by atoms with Gasteiger partial charge in [-0.05, 0) is 57.3 Å². The van der Waals surface area contributed by atoms with Crippen molar-refractivity contribution in [3.05, 3.63) is 12.2 Å². The van der Waals surface area contributed by atoms with E-state index in [1.165, 1.54) is 186 Å². The molecule has 1 aliphatic carbocycles.